The van der Waals surface area contributed by atoms with Crippen LogP contribution >= 0.6 is 23.2 Å². The molecule has 0 heterocycles. The molecule has 0 fully saturated rings. The maximum absolute atomic E-state index is 11.2. The monoisotopic (exact) mass is 354 g/mol. The number of nitro benzene ring substituents is 1. The first-order chi connectivity index (χ1) is 11.0. The summed E-state index contributed by atoms with van der Waals surface area (Å²) in [6.45, 7) is 0.712. The molecular weight excluding hydrogens is 339 g/mol. The maximum Gasteiger partial charge on any atom is 0.311 e. The molecule has 0 amide bonds. The molecule has 23 heavy (non-hydrogen) atoms. The van der Waals surface area contributed by atoms with Crippen molar-refractivity contribution >= 4 is 28.9 Å². The van der Waals surface area contributed by atoms with E-state index in [1.165, 1.54) is 6.07 Å². The molecule has 0 aromatic heterocycles. The Morgan fingerprint density at radius 2 is 1.83 bits per heavy atom. The molecule has 0 aliphatic heterocycles. The molecule has 122 valence electrons. The summed E-state index contributed by atoms with van der Waals surface area (Å²) in [6.07, 6.45) is 1.48. The number of nitrogens with zero attached hydrogens (tertiary/aromatic N) is 1. The summed E-state index contributed by atoms with van der Waals surface area (Å²) >= 11 is 11.8. The largest absolute Gasteiger partial charge is 0.482 e. The minimum Gasteiger partial charge on any atom is -0.482 e. The molecule has 2 rings (SSSR count). The van der Waals surface area contributed by atoms with E-state index in [0.29, 0.717) is 23.0 Å². The summed E-state index contributed by atoms with van der Waals surface area (Å²) in [6, 6.07) is 10.0. The molecule has 0 aliphatic carbocycles. The van der Waals surface area contributed by atoms with Crippen molar-refractivity contribution in [2.75, 3.05) is 6.54 Å². The number of hydrogen-bond donors (Lipinski definition) is 1. The van der Waals surface area contributed by atoms with Gasteiger partial charge in [-0.3, -0.25) is 10.1 Å². The van der Waals surface area contributed by atoms with E-state index in [2.05, 4.69) is 0 Å². The van der Waals surface area contributed by atoms with Crippen molar-refractivity contribution < 1.29 is 9.66 Å². The average Bonchev–Trinajstić information content (AvgIpc) is 2.54. The highest BCUT2D eigenvalue weighted by Crippen LogP contribution is 2.30. The minimum atomic E-state index is -0.448. The van der Waals surface area contributed by atoms with Crippen LogP contribution in [0.4, 0.5) is 5.69 Å². The number of benzene rings is 2. The normalized spacial score (nSPS) is 10.6. The summed E-state index contributed by atoms with van der Waals surface area (Å²) < 4.78 is 5.57. The van der Waals surface area contributed by atoms with Gasteiger partial charge in [-0.25, -0.2) is 0 Å². The summed E-state index contributed by atoms with van der Waals surface area (Å²) in [7, 11) is 0. The number of aryl methyl sites for hydroxylation is 1. The van der Waals surface area contributed by atoms with Crippen LogP contribution in [0.25, 0.3) is 0 Å². The van der Waals surface area contributed by atoms with Crippen LogP contribution in [-0.4, -0.2) is 11.5 Å². The third-order valence-corrected chi connectivity index (χ3v) is 4.01. The van der Waals surface area contributed by atoms with Gasteiger partial charge >= 0.3 is 5.69 Å². The van der Waals surface area contributed by atoms with Crippen LogP contribution in [0.3, 0.4) is 0 Å². The first-order valence-corrected chi connectivity index (χ1v) is 7.81. The Morgan fingerprint density at radius 3 is 2.48 bits per heavy atom. The minimum absolute atomic E-state index is 0.0559. The van der Waals surface area contributed by atoms with Crippen molar-refractivity contribution in [1.82, 2.24) is 0 Å². The molecule has 0 aliphatic rings. The Balaban J connectivity index is 2.14. The van der Waals surface area contributed by atoms with Crippen molar-refractivity contribution in [3.63, 3.8) is 0 Å². The Bertz CT molecular complexity index is 708. The van der Waals surface area contributed by atoms with E-state index in [-0.39, 0.29) is 18.0 Å². The predicted molar refractivity (Wildman–Crippen MR) is 91.3 cm³/mol. The van der Waals surface area contributed by atoms with E-state index < -0.39 is 4.92 Å². The Hall–Kier alpha value is -1.82. The second-order valence-corrected chi connectivity index (χ2v) is 5.80. The average molecular weight is 355 g/mol. The van der Waals surface area contributed by atoms with Gasteiger partial charge in [0.25, 0.3) is 0 Å². The van der Waals surface area contributed by atoms with Gasteiger partial charge < -0.3 is 10.5 Å². The molecule has 2 aromatic carbocycles. The third-order valence-electron chi connectivity index (χ3n) is 3.27. The van der Waals surface area contributed by atoms with Gasteiger partial charge in [0.05, 0.1) is 15.0 Å². The zero-order valence-corrected chi connectivity index (χ0v) is 13.8. The number of rotatable bonds is 7. The first kappa shape index (κ1) is 17.5. The highest BCUT2D eigenvalue weighted by molar-refractivity contribution is 6.42. The molecule has 2 aromatic rings. The Labute approximate surface area is 144 Å². The smallest absolute Gasteiger partial charge is 0.311 e. The van der Waals surface area contributed by atoms with E-state index >= 15 is 0 Å². The van der Waals surface area contributed by atoms with Crippen LogP contribution in [0, 0.1) is 10.1 Å². The lowest BCUT2D eigenvalue weighted by atomic mass is 10.1. The topological polar surface area (TPSA) is 78.4 Å². The van der Waals surface area contributed by atoms with Crippen LogP contribution in [0.15, 0.2) is 36.4 Å². The van der Waals surface area contributed by atoms with Crippen LogP contribution in [-0.2, 0) is 13.0 Å². The van der Waals surface area contributed by atoms with Gasteiger partial charge in [0.2, 0.25) is 0 Å². The lowest BCUT2D eigenvalue weighted by Crippen LogP contribution is -2.02. The second kappa shape index (κ2) is 8.15. The van der Waals surface area contributed by atoms with E-state index in [1.807, 2.05) is 6.07 Å². The molecule has 5 nitrogen and oxygen atoms in total. The number of nitro groups is 1. The van der Waals surface area contributed by atoms with Crippen molar-refractivity contribution in [3.8, 4) is 5.75 Å². The molecule has 0 bridgehead atoms. The summed E-state index contributed by atoms with van der Waals surface area (Å²) in [5.74, 6) is 0.220. The zero-order valence-electron chi connectivity index (χ0n) is 12.3. The number of hydrogen-bond acceptors (Lipinski definition) is 4. The van der Waals surface area contributed by atoms with Crippen molar-refractivity contribution in [2.45, 2.75) is 19.4 Å². The lowest BCUT2D eigenvalue weighted by molar-refractivity contribution is -0.386. The molecule has 0 radical (unpaired) electrons. The quantitative estimate of drug-likeness (QED) is 0.591. The lowest BCUT2D eigenvalue weighted by Gasteiger charge is -2.09. The summed E-state index contributed by atoms with van der Waals surface area (Å²) in [5, 5.41) is 12.1. The third kappa shape index (κ3) is 4.82. The van der Waals surface area contributed by atoms with E-state index in [1.54, 1.807) is 24.3 Å². The van der Waals surface area contributed by atoms with Gasteiger partial charge in [-0.2, -0.15) is 0 Å². The zero-order chi connectivity index (χ0) is 16.8. The van der Waals surface area contributed by atoms with Crippen molar-refractivity contribution in [2.24, 2.45) is 5.73 Å². The van der Waals surface area contributed by atoms with Gasteiger partial charge in [-0.05, 0) is 48.7 Å². The van der Waals surface area contributed by atoms with Crippen LogP contribution < -0.4 is 10.5 Å². The number of nitrogens with two attached hydrogens (primary N) is 1. The van der Waals surface area contributed by atoms with Crippen LogP contribution in [0.1, 0.15) is 17.5 Å². The molecular formula is C16H16Cl2N2O3. The summed E-state index contributed by atoms with van der Waals surface area (Å²) in [5.41, 5.74) is 7.05. The molecule has 0 saturated carbocycles. The SMILES string of the molecule is NCCCc1ccc(OCc2ccc(Cl)c(Cl)c2)c([N+](=O)[O-])c1. The molecule has 0 atom stereocenters. The van der Waals surface area contributed by atoms with Gasteiger partial charge in [0, 0.05) is 6.07 Å². The standard InChI is InChI=1S/C16H16Cl2N2O3/c17-13-5-3-12(8-14(13)18)10-23-16-6-4-11(2-1-7-19)9-15(16)20(21)22/h3-6,8-9H,1-2,7,10,19H2. The Morgan fingerprint density at radius 1 is 1.09 bits per heavy atom. The highest BCUT2D eigenvalue weighted by atomic mass is 35.5. The fourth-order valence-corrected chi connectivity index (χ4v) is 2.40. The van der Waals surface area contributed by atoms with Gasteiger partial charge in [0.1, 0.15) is 6.61 Å². The predicted octanol–water partition coefficient (Wildman–Crippen LogP) is 4.37. The van der Waals surface area contributed by atoms with Crippen LogP contribution in [0.2, 0.25) is 10.0 Å². The fraction of sp³-hybridized carbons (Fsp3) is 0.250. The Kier molecular flexibility index (Phi) is 6.21. The molecule has 0 spiro atoms. The highest BCUT2D eigenvalue weighted by Gasteiger charge is 2.16. The second-order valence-electron chi connectivity index (χ2n) is 4.99. The van der Waals surface area contributed by atoms with Gasteiger partial charge in [-0.15, -0.1) is 0 Å². The molecule has 0 unspecified atom stereocenters. The molecule has 7 heteroatoms. The molecule has 0 saturated heterocycles. The fourth-order valence-electron chi connectivity index (χ4n) is 2.08. The maximum atomic E-state index is 11.2. The summed E-state index contributed by atoms with van der Waals surface area (Å²) in [4.78, 5) is 10.8. The first-order valence-electron chi connectivity index (χ1n) is 7.05. The number of halogens is 2. The molecule has 2 N–H and O–H groups in total. The number of ether oxygens (including phenoxy) is 1. The van der Waals surface area contributed by atoms with E-state index in [9.17, 15) is 10.1 Å². The van der Waals surface area contributed by atoms with Gasteiger partial charge in [0.15, 0.2) is 5.75 Å². The van der Waals surface area contributed by atoms with Crippen LogP contribution in [0.5, 0.6) is 5.75 Å². The van der Waals surface area contributed by atoms with Crippen molar-refractivity contribution in [3.05, 3.63) is 67.7 Å². The van der Waals surface area contributed by atoms with E-state index in [4.69, 9.17) is 33.7 Å². The van der Waals surface area contributed by atoms with E-state index in [0.717, 1.165) is 17.5 Å². The van der Waals surface area contributed by atoms with Gasteiger partial charge in [-0.1, -0.05) is 35.3 Å². The van der Waals surface area contributed by atoms with Crippen molar-refractivity contribution in [1.29, 1.82) is 0 Å².